The first-order valence-corrected chi connectivity index (χ1v) is 5.38. The van der Waals surface area contributed by atoms with Gasteiger partial charge in [0, 0.05) is 11.9 Å². The van der Waals surface area contributed by atoms with Crippen molar-refractivity contribution in [1.29, 1.82) is 0 Å². The molecule has 16 heavy (non-hydrogen) atoms. The number of hydrogen-bond donors (Lipinski definition) is 1. The molecule has 0 saturated carbocycles. The third kappa shape index (κ3) is 3.38. The van der Waals surface area contributed by atoms with Crippen LogP contribution in [0.3, 0.4) is 0 Å². The fraction of sp³-hybridized carbons (Fsp3) is 0.455. The molecule has 1 rings (SSSR count). The third-order valence-electron chi connectivity index (χ3n) is 2.17. The number of rotatable bonds is 4. The first-order chi connectivity index (χ1) is 7.54. The first-order valence-electron chi connectivity index (χ1n) is 5.00. The molecule has 88 valence electrons. The van der Waals surface area contributed by atoms with E-state index in [0.717, 1.165) is 5.69 Å². The molecule has 0 fully saturated rings. The number of esters is 1. The van der Waals surface area contributed by atoms with Crippen LogP contribution in [0.4, 0.5) is 5.69 Å². The maximum atomic E-state index is 11.5. The van der Waals surface area contributed by atoms with Crippen molar-refractivity contribution in [2.75, 3.05) is 12.4 Å². The Kier molecular flexibility index (Phi) is 4.55. The van der Waals surface area contributed by atoms with Gasteiger partial charge in [0.15, 0.2) is 0 Å². The van der Waals surface area contributed by atoms with Crippen LogP contribution in [0.25, 0.3) is 0 Å². The number of aromatic nitrogens is 1. The molecule has 1 atom stereocenters. The zero-order valence-electron chi connectivity index (χ0n) is 9.53. The number of halogens is 1. The van der Waals surface area contributed by atoms with Crippen molar-refractivity contribution in [1.82, 2.24) is 4.98 Å². The Balaban J connectivity index is 2.79. The Bertz CT molecular complexity index is 369. The lowest BCUT2D eigenvalue weighted by Gasteiger charge is -2.20. The molecule has 0 spiro atoms. The largest absolute Gasteiger partial charge is 0.467 e. The summed E-state index contributed by atoms with van der Waals surface area (Å²) in [6.45, 7) is 3.88. The second-order valence-corrected chi connectivity index (χ2v) is 4.14. The summed E-state index contributed by atoms with van der Waals surface area (Å²) in [7, 11) is 1.37. The van der Waals surface area contributed by atoms with E-state index in [2.05, 4.69) is 10.3 Å². The van der Waals surface area contributed by atoms with Crippen molar-refractivity contribution in [3.8, 4) is 0 Å². The summed E-state index contributed by atoms with van der Waals surface area (Å²) in [6.07, 6.45) is 1.58. The Labute approximate surface area is 100.0 Å². The molecule has 0 amide bonds. The van der Waals surface area contributed by atoms with E-state index in [-0.39, 0.29) is 17.9 Å². The fourth-order valence-corrected chi connectivity index (χ4v) is 1.47. The zero-order valence-corrected chi connectivity index (χ0v) is 10.3. The van der Waals surface area contributed by atoms with E-state index in [1.807, 2.05) is 13.8 Å². The molecule has 0 bridgehead atoms. The molecule has 0 aromatic carbocycles. The van der Waals surface area contributed by atoms with Crippen molar-refractivity contribution < 1.29 is 9.53 Å². The van der Waals surface area contributed by atoms with Gasteiger partial charge in [0.1, 0.15) is 11.2 Å². The van der Waals surface area contributed by atoms with Crippen molar-refractivity contribution in [3.05, 3.63) is 23.5 Å². The molecule has 0 aliphatic rings. The lowest BCUT2D eigenvalue weighted by molar-refractivity contribution is -0.142. The molecule has 1 aromatic heterocycles. The number of ether oxygens (including phenoxy) is 1. The molecular formula is C11H15ClN2O2. The van der Waals surface area contributed by atoms with Crippen LogP contribution in [0.15, 0.2) is 18.3 Å². The highest BCUT2D eigenvalue weighted by atomic mass is 35.5. The van der Waals surface area contributed by atoms with Gasteiger partial charge in [0.05, 0.1) is 7.11 Å². The molecule has 1 aromatic rings. The maximum Gasteiger partial charge on any atom is 0.328 e. The van der Waals surface area contributed by atoms with Gasteiger partial charge in [-0.05, 0) is 18.1 Å². The molecule has 5 heteroatoms. The standard InChI is InChI=1S/C11H15ClN2O2/c1-7(2)10(11(15)16-3)14-8-4-5-13-9(12)6-8/h4-7,10H,1-3H3,(H,13,14). The summed E-state index contributed by atoms with van der Waals surface area (Å²) in [4.78, 5) is 15.4. The van der Waals surface area contributed by atoms with Gasteiger partial charge in [-0.3, -0.25) is 0 Å². The number of anilines is 1. The zero-order chi connectivity index (χ0) is 12.1. The highest BCUT2D eigenvalue weighted by Gasteiger charge is 2.22. The highest BCUT2D eigenvalue weighted by Crippen LogP contribution is 2.16. The van der Waals surface area contributed by atoms with Crippen LogP contribution in [0.1, 0.15) is 13.8 Å². The topological polar surface area (TPSA) is 51.2 Å². The van der Waals surface area contributed by atoms with Gasteiger partial charge in [0.2, 0.25) is 0 Å². The number of hydrogen-bond acceptors (Lipinski definition) is 4. The molecule has 0 saturated heterocycles. The number of nitrogens with one attached hydrogen (secondary N) is 1. The highest BCUT2D eigenvalue weighted by molar-refractivity contribution is 6.29. The van der Waals surface area contributed by atoms with Crippen LogP contribution in [0, 0.1) is 5.92 Å². The second-order valence-electron chi connectivity index (χ2n) is 3.76. The summed E-state index contributed by atoms with van der Waals surface area (Å²) in [5, 5.41) is 3.46. The van der Waals surface area contributed by atoms with Crippen molar-refractivity contribution in [2.24, 2.45) is 5.92 Å². The monoisotopic (exact) mass is 242 g/mol. The quantitative estimate of drug-likeness (QED) is 0.651. The van der Waals surface area contributed by atoms with Gasteiger partial charge in [-0.25, -0.2) is 9.78 Å². The maximum absolute atomic E-state index is 11.5. The average molecular weight is 243 g/mol. The first kappa shape index (κ1) is 12.8. The Morgan fingerprint density at radius 1 is 1.56 bits per heavy atom. The predicted molar refractivity (Wildman–Crippen MR) is 63.5 cm³/mol. The van der Waals surface area contributed by atoms with Crippen LogP contribution < -0.4 is 5.32 Å². The van der Waals surface area contributed by atoms with Crippen molar-refractivity contribution in [2.45, 2.75) is 19.9 Å². The molecule has 1 unspecified atom stereocenters. The van der Waals surface area contributed by atoms with Gasteiger partial charge in [-0.15, -0.1) is 0 Å². The summed E-state index contributed by atoms with van der Waals surface area (Å²) >= 11 is 5.75. The third-order valence-corrected chi connectivity index (χ3v) is 2.38. The second kappa shape index (κ2) is 5.70. The number of carbonyl (C=O) groups excluding carboxylic acids is 1. The minimum Gasteiger partial charge on any atom is -0.467 e. The Hall–Kier alpha value is -1.29. The summed E-state index contributed by atoms with van der Waals surface area (Å²) < 4.78 is 4.73. The SMILES string of the molecule is COC(=O)C(Nc1ccnc(Cl)c1)C(C)C. The summed E-state index contributed by atoms with van der Waals surface area (Å²) in [5.41, 5.74) is 0.754. The number of methoxy groups -OCH3 is 1. The number of carbonyl (C=O) groups is 1. The molecule has 1 heterocycles. The molecule has 4 nitrogen and oxygen atoms in total. The van der Waals surface area contributed by atoms with Crippen LogP contribution in [-0.4, -0.2) is 24.1 Å². The van der Waals surface area contributed by atoms with E-state index < -0.39 is 0 Å². The van der Waals surface area contributed by atoms with Crippen LogP contribution in [0.5, 0.6) is 0 Å². The average Bonchev–Trinajstić information content (AvgIpc) is 2.24. The fourth-order valence-electron chi connectivity index (χ4n) is 1.30. The smallest absolute Gasteiger partial charge is 0.328 e. The van der Waals surface area contributed by atoms with Gasteiger partial charge < -0.3 is 10.1 Å². The number of pyridine rings is 1. The van der Waals surface area contributed by atoms with Crippen LogP contribution in [-0.2, 0) is 9.53 Å². The predicted octanol–water partition coefficient (Wildman–Crippen LogP) is 2.34. The Morgan fingerprint density at radius 3 is 2.75 bits per heavy atom. The molecule has 1 N–H and O–H groups in total. The van der Waals surface area contributed by atoms with Crippen molar-refractivity contribution in [3.63, 3.8) is 0 Å². The Morgan fingerprint density at radius 2 is 2.25 bits per heavy atom. The van der Waals surface area contributed by atoms with E-state index in [9.17, 15) is 4.79 Å². The van der Waals surface area contributed by atoms with Crippen molar-refractivity contribution >= 4 is 23.3 Å². The molecule has 0 radical (unpaired) electrons. The summed E-state index contributed by atoms with van der Waals surface area (Å²) in [5.74, 6) is -0.165. The van der Waals surface area contributed by atoms with Gasteiger partial charge in [-0.2, -0.15) is 0 Å². The molecule has 0 aliphatic carbocycles. The lowest BCUT2D eigenvalue weighted by Crippen LogP contribution is -2.35. The van der Waals surface area contributed by atoms with Gasteiger partial charge >= 0.3 is 5.97 Å². The normalized spacial score (nSPS) is 12.3. The van der Waals surface area contributed by atoms with Crippen LogP contribution >= 0.6 is 11.6 Å². The summed E-state index contributed by atoms with van der Waals surface area (Å²) in [6, 6.07) is 3.04. The van der Waals surface area contributed by atoms with Gasteiger partial charge in [0.25, 0.3) is 0 Å². The van der Waals surface area contributed by atoms with E-state index in [1.54, 1.807) is 18.3 Å². The minimum atomic E-state index is -0.386. The lowest BCUT2D eigenvalue weighted by atomic mass is 10.0. The molecule has 0 aliphatic heterocycles. The van der Waals surface area contributed by atoms with E-state index in [0.29, 0.717) is 5.15 Å². The van der Waals surface area contributed by atoms with Crippen LogP contribution in [0.2, 0.25) is 5.15 Å². The molecular weight excluding hydrogens is 228 g/mol. The minimum absolute atomic E-state index is 0.124. The number of nitrogens with zero attached hydrogens (tertiary/aromatic N) is 1. The van der Waals surface area contributed by atoms with Gasteiger partial charge in [-0.1, -0.05) is 25.4 Å². The van der Waals surface area contributed by atoms with E-state index in [1.165, 1.54) is 7.11 Å². The van der Waals surface area contributed by atoms with E-state index in [4.69, 9.17) is 16.3 Å². The van der Waals surface area contributed by atoms with E-state index >= 15 is 0 Å².